The topological polar surface area (TPSA) is 48.5 Å². The van der Waals surface area contributed by atoms with Crippen molar-refractivity contribution in [1.29, 1.82) is 0 Å². The van der Waals surface area contributed by atoms with E-state index in [9.17, 15) is 0 Å². The highest BCUT2D eigenvalue weighted by atomic mass is 15.2. The van der Waals surface area contributed by atoms with Crippen LogP contribution < -0.4 is 0 Å². The molecule has 0 radical (unpaired) electrons. The van der Waals surface area contributed by atoms with Gasteiger partial charge in [0.2, 0.25) is 5.95 Å². The van der Waals surface area contributed by atoms with Gasteiger partial charge in [0.1, 0.15) is 0 Å². The minimum Gasteiger partial charge on any atom is -0.309 e. The molecule has 0 saturated heterocycles. The summed E-state index contributed by atoms with van der Waals surface area (Å²) in [5, 5.41) is 4.71. The average Bonchev–Trinajstić information content (AvgIpc) is 3.85. The van der Waals surface area contributed by atoms with E-state index in [0.29, 0.717) is 23.5 Å². The van der Waals surface area contributed by atoms with Crippen molar-refractivity contribution >= 4 is 43.6 Å². The molecule has 5 nitrogen and oxygen atoms in total. The molecule has 11 aromatic rings. The molecule has 0 aliphatic heterocycles. The van der Waals surface area contributed by atoms with Crippen molar-refractivity contribution in [2.45, 2.75) is 51.9 Å². The zero-order valence-corrected chi connectivity index (χ0v) is 37.4. The molecule has 0 bridgehead atoms. The quantitative estimate of drug-likeness (QED) is 0.168. The van der Waals surface area contributed by atoms with Crippen LogP contribution in [0.2, 0.25) is 0 Å². The smallest absolute Gasteiger partial charge is 0.238 e. The van der Waals surface area contributed by atoms with Gasteiger partial charge in [-0.2, -0.15) is 9.97 Å². The Labute approximate surface area is 379 Å². The summed E-state index contributed by atoms with van der Waals surface area (Å²) in [6.45, 7) is 12.1. The largest absolute Gasteiger partial charge is 0.309 e. The first-order valence-corrected chi connectivity index (χ1v) is 22.8. The lowest BCUT2D eigenvalue weighted by molar-refractivity contribution is 0.233. The predicted octanol–water partition coefficient (Wildman–Crippen LogP) is 15.3. The fraction of sp³-hybridized carbons (Fsp3) is 0.150. The number of hydrogen-bond acceptors (Lipinski definition) is 3. The molecule has 0 fully saturated rings. The number of rotatable bonds is 6. The Kier molecular flexibility index (Phi) is 8.83. The molecule has 3 aromatic heterocycles. The first-order valence-electron chi connectivity index (χ1n) is 22.8. The molecular formula is C60H49N5. The van der Waals surface area contributed by atoms with Crippen LogP contribution in [0.3, 0.4) is 0 Å². The molecule has 12 rings (SSSR count). The Morgan fingerprint density at radius 1 is 0.400 bits per heavy atom. The molecule has 1 aliphatic carbocycles. The molecule has 65 heavy (non-hydrogen) atoms. The van der Waals surface area contributed by atoms with Crippen molar-refractivity contribution in [3.05, 3.63) is 199 Å². The van der Waals surface area contributed by atoms with Gasteiger partial charge in [-0.3, -0.25) is 4.57 Å². The standard InChI is InChI=1S/C60H49N5/c1-38-37-59(2,3)51-34-44(30-33-50(51)60(38,4)5)41-28-31-45(32-29-41)64-52-22-14-12-20-46(52)48-35-49-47-21-13-15-23-53(47)65(55(49)36-54(48)64)58-62-56(42-18-10-7-11-19-42)61-57(63-58)43-26-24-40(25-27-43)39-16-8-6-9-17-39/h6-36,38H,37H2,1-5H3. The van der Waals surface area contributed by atoms with E-state index >= 15 is 0 Å². The minimum absolute atomic E-state index is 0.122. The van der Waals surface area contributed by atoms with Crippen LogP contribution in [-0.2, 0) is 10.8 Å². The van der Waals surface area contributed by atoms with Gasteiger partial charge in [-0.25, -0.2) is 4.98 Å². The van der Waals surface area contributed by atoms with Gasteiger partial charge in [0, 0.05) is 38.4 Å². The maximum absolute atomic E-state index is 5.30. The van der Waals surface area contributed by atoms with Gasteiger partial charge < -0.3 is 4.57 Å². The van der Waals surface area contributed by atoms with Crippen molar-refractivity contribution < 1.29 is 0 Å². The highest BCUT2D eigenvalue weighted by Gasteiger charge is 2.42. The third-order valence-electron chi connectivity index (χ3n) is 14.5. The molecule has 0 N–H and O–H groups in total. The summed E-state index contributed by atoms with van der Waals surface area (Å²) in [4.78, 5) is 15.7. The Balaban J connectivity index is 1.03. The summed E-state index contributed by atoms with van der Waals surface area (Å²) in [6.07, 6.45) is 1.18. The first kappa shape index (κ1) is 39.0. The maximum atomic E-state index is 5.30. The molecule has 1 atom stereocenters. The number of fused-ring (bicyclic) bond motifs is 7. The summed E-state index contributed by atoms with van der Waals surface area (Å²) >= 11 is 0. The second-order valence-corrected chi connectivity index (χ2v) is 19.2. The fourth-order valence-corrected chi connectivity index (χ4v) is 10.7. The molecule has 5 heteroatoms. The lowest BCUT2D eigenvalue weighted by Crippen LogP contribution is -2.40. The van der Waals surface area contributed by atoms with Crippen LogP contribution in [0.4, 0.5) is 0 Å². The van der Waals surface area contributed by atoms with E-state index in [2.05, 4.69) is 208 Å². The van der Waals surface area contributed by atoms with Crippen molar-refractivity contribution in [2.75, 3.05) is 0 Å². The van der Waals surface area contributed by atoms with E-state index in [-0.39, 0.29) is 10.8 Å². The second kappa shape index (κ2) is 14.7. The summed E-state index contributed by atoms with van der Waals surface area (Å²) in [5.41, 5.74) is 15.4. The van der Waals surface area contributed by atoms with Gasteiger partial charge in [-0.05, 0) is 92.9 Å². The number of benzene rings is 8. The zero-order chi connectivity index (χ0) is 44.0. The molecule has 1 aliphatic rings. The van der Waals surface area contributed by atoms with E-state index in [1.807, 2.05) is 24.3 Å². The molecule has 1 unspecified atom stereocenters. The summed E-state index contributed by atoms with van der Waals surface area (Å²) in [7, 11) is 0. The molecule has 0 saturated carbocycles. The lowest BCUT2D eigenvalue weighted by Gasteiger charge is -2.46. The molecule has 0 amide bonds. The molecule has 8 aromatic carbocycles. The lowest BCUT2D eigenvalue weighted by atomic mass is 9.58. The predicted molar refractivity (Wildman–Crippen MR) is 270 cm³/mol. The first-order chi connectivity index (χ1) is 31.6. The third-order valence-corrected chi connectivity index (χ3v) is 14.5. The number of nitrogens with zero attached hydrogens (tertiary/aromatic N) is 5. The number of aromatic nitrogens is 5. The van der Waals surface area contributed by atoms with Crippen LogP contribution >= 0.6 is 0 Å². The Morgan fingerprint density at radius 2 is 0.877 bits per heavy atom. The summed E-state index contributed by atoms with van der Waals surface area (Å²) in [5.74, 6) is 2.44. The average molecular weight is 840 g/mol. The van der Waals surface area contributed by atoms with Gasteiger partial charge >= 0.3 is 0 Å². The van der Waals surface area contributed by atoms with E-state index in [4.69, 9.17) is 15.0 Å². The molecule has 0 spiro atoms. The van der Waals surface area contributed by atoms with Gasteiger partial charge in [0.15, 0.2) is 11.6 Å². The van der Waals surface area contributed by atoms with Crippen molar-refractivity contribution in [1.82, 2.24) is 24.1 Å². The summed E-state index contributed by atoms with van der Waals surface area (Å²) in [6, 6.07) is 67.6. The van der Waals surface area contributed by atoms with Crippen LogP contribution in [0.25, 0.3) is 100 Å². The Morgan fingerprint density at radius 3 is 1.52 bits per heavy atom. The second-order valence-electron chi connectivity index (χ2n) is 19.2. The molecule has 3 heterocycles. The van der Waals surface area contributed by atoms with E-state index < -0.39 is 0 Å². The van der Waals surface area contributed by atoms with E-state index in [1.165, 1.54) is 50.5 Å². The van der Waals surface area contributed by atoms with Gasteiger partial charge in [0.25, 0.3) is 0 Å². The summed E-state index contributed by atoms with van der Waals surface area (Å²) < 4.78 is 4.64. The van der Waals surface area contributed by atoms with Crippen LogP contribution in [0.15, 0.2) is 188 Å². The van der Waals surface area contributed by atoms with Crippen LogP contribution in [0.5, 0.6) is 0 Å². The van der Waals surface area contributed by atoms with Crippen molar-refractivity contribution in [2.24, 2.45) is 5.92 Å². The van der Waals surface area contributed by atoms with Crippen LogP contribution in [0.1, 0.15) is 52.2 Å². The fourth-order valence-electron chi connectivity index (χ4n) is 10.7. The minimum atomic E-state index is 0.122. The highest BCUT2D eigenvalue weighted by molar-refractivity contribution is 6.19. The van der Waals surface area contributed by atoms with Crippen molar-refractivity contribution in [3.8, 4) is 56.7 Å². The monoisotopic (exact) mass is 839 g/mol. The van der Waals surface area contributed by atoms with Crippen molar-refractivity contribution in [3.63, 3.8) is 0 Å². The maximum Gasteiger partial charge on any atom is 0.238 e. The van der Waals surface area contributed by atoms with Gasteiger partial charge in [0.05, 0.1) is 22.1 Å². The van der Waals surface area contributed by atoms with E-state index in [0.717, 1.165) is 49.7 Å². The van der Waals surface area contributed by atoms with Crippen LogP contribution in [-0.4, -0.2) is 24.1 Å². The highest BCUT2D eigenvalue weighted by Crippen LogP contribution is 2.50. The normalized spacial score (nSPS) is 15.5. The van der Waals surface area contributed by atoms with Gasteiger partial charge in [-0.15, -0.1) is 0 Å². The number of para-hydroxylation sites is 2. The molecule has 314 valence electrons. The van der Waals surface area contributed by atoms with Crippen LogP contribution in [0, 0.1) is 5.92 Å². The third kappa shape index (κ3) is 6.32. The van der Waals surface area contributed by atoms with E-state index in [1.54, 1.807) is 0 Å². The Hall–Kier alpha value is -7.63. The SMILES string of the molecule is CC1CC(C)(C)c2cc(-c3ccc(-n4c5ccccc5c5cc6c7ccccc7n(-c7nc(-c8ccccc8)nc(-c8ccc(-c9ccccc9)cc8)n7)c6cc54)cc3)ccc2C1(C)C. The number of hydrogen-bond donors (Lipinski definition) is 0. The zero-order valence-electron chi connectivity index (χ0n) is 37.4. The Bertz CT molecular complexity index is 3610. The molecular weight excluding hydrogens is 791 g/mol. The van der Waals surface area contributed by atoms with Gasteiger partial charge in [-0.1, -0.05) is 186 Å².